The third kappa shape index (κ3) is 6.91. The second kappa shape index (κ2) is 8.20. The fourth-order valence-corrected chi connectivity index (χ4v) is 2.08. The van der Waals surface area contributed by atoms with Gasteiger partial charge in [0.15, 0.2) is 0 Å². The number of rotatable bonds is 6. The molecule has 0 N–H and O–H groups in total. The smallest absolute Gasteiger partial charge is 0.326 e. The van der Waals surface area contributed by atoms with Crippen LogP contribution in [0.25, 0.3) is 0 Å². The van der Waals surface area contributed by atoms with Crippen LogP contribution in [0.5, 0.6) is 5.75 Å². The Balaban J connectivity index is 2.83. The van der Waals surface area contributed by atoms with Gasteiger partial charge in [0.25, 0.3) is 0 Å². The van der Waals surface area contributed by atoms with E-state index in [0.717, 1.165) is 11.3 Å². The van der Waals surface area contributed by atoms with Crippen molar-refractivity contribution in [2.45, 2.75) is 45.2 Å². The molecule has 0 bridgehead atoms. The lowest BCUT2D eigenvalue weighted by atomic mass is 10.2. The molecule has 0 saturated carbocycles. The maximum absolute atomic E-state index is 12.2. The van der Waals surface area contributed by atoms with E-state index in [4.69, 9.17) is 21.1 Å². The Labute approximate surface area is 142 Å². The van der Waals surface area contributed by atoms with Crippen LogP contribution in [-0.4, -0.2) is 41.4 Å². The van der Waals surface area contributed by atoms with E-state index in [2.05, 4.69) is 0 Å². The van der Waals surface area contributed by atoms with Crippen LogP contribution in [0.3, 0.4) is 0 Å². The molecular weight excluding hydrogens is 318 g/mol. The van der Waals surface area contributed by atoms with Gasteiger partial charge in [0, 0.05) is 6.54 Å². The maximum atomic E-state index is 12.2. The minimum atomic E-state index is -0.712. The molecule has 0 heterocycles. The summed E-state index contributed by atoms with van der Waals surface area (Å²) in [6.45, 7) is 7.07. The van der Waals surface area contributed by atoms with Crippen LogP contribution in [0.2, 0.25) is 0 Å². The average Bonchev–Trinajstić information content (AvgIpc) is 2.44. The van der Waals surface area contributed by atoms with Gasteiger partial charge in [-0.1, -0.05) is 12.1 Å². The number of esters is 1. The van der Waals surface area contributed by atoms with Gasteiger partial charge in [-0.3, -0.25) is 9.59 Å². The summed E-state index contributed by atoms with van der Waals surface area (Å²) in [4.78, 5) is 25.6. The van der Waals surface area contributed by atoms with Crippen molar-refractivity contribution >= 4 is 23.5 Å². The lowest BCUT2D eigenvalue weighted by Crippen LogP contribution is -2.41. The molecular formula is C17H24ClNO4. The Morgan fingerprint density at radius 1 is 1.22 bits per heavy atom. The molecule has 0 aliphatic carbocycles. The largest absolute Gasteiger partial charge is 0.497 e. The third-order valence-corrected chi connectivity index (χ3v) is 3.11. The number of nitrogens with zero attached hydrogens (tertiary/aromatic N) is 1. The first kappa shape index (κ1) is 19.3. The van der Waals surface area contributed by atoms with E-state index in [1.165, 1.54) is 4.90 Å². The van der Waals surface area contributed by atoms with Gasteiger partial charge < -0.3 is 14.4 Å². The van der Waals surface area contributed by atoms with Gasteiger partial charge in [-0.15, -0.1) is 11.6 Å². The zero-order valence-electron chi connectivity index (χ0n) is 14.3. The van der Waals surface area contributed by atoms with Crippen LogP contribution in [0.1, 0.15) is 33.3 Å². The summed E-state index contributed by atoms with van der Waals surface area (Å²) in [5, 5.41) is -0.712. The molecule has 0 unspecified atom stereocenters. The van der Waals surface area contributed by atoms with E-state index in [1.807, 2.05) is 12.1 Å². The van der Waals surface area contributed by atoms with Crippen molar-refractivity contribution in [1.82, 2.24) is 4.90 Å². The topological polar surface area (TPSA) is 55.8 Å². The van der Waals surface area contributed by atoms with Crippen molar-refractivity contribution in [3.05, 3.63) is 29.8 Å². The van der Waals surface area contributed by atoms with Gasteiger partial charge in [-0.25, -0.2) is 0 Å². The van der Waals surface area contributed by atoms with Gasteiger partial charge in [0.1, 0.15) is 23.3 Å². The predicted octanol–water partition coefficient (Wildman–Crippen LogP) is 2.99. The van der Waals surface area contributed by atoms with Crippen LogP contribution in [0.15, 0.2) is 24.3 Å². The van der Waals surface area contributed by atoms with Crippen molar-refractivity contribution in [3.8, 4) is 5.75 Å². The number of benzene rings is 1. The summed E-state index contributed by atoms with van der Waals surface area (Å²) in [5.74, 6) is -0.0468. The fourth-order valence-electron chi connectivity index (χ4n) is 1.94. The summed E-state index contributed by atoms with van der Waals surface area (Å²) in [6, 6.07) is 7.28. The Hall–Kier alpha value is -1.75. The zero-order chi connectivity index (χ0) is 17.6. The Morgan fingerprint density at radius 3 is 2.22 bits per heavy atom. The molecule has 0 radical (unpaired) electrons. The van der Waals surface area contributed by atoms with Gasteiger partial charge in [0.05, 0.1) is 7.11 Å². The molecule has 0 aliphatic heterocycles. The van der Waals surface area contributed by atoms with Gasteiger partial charge >= 0.3 is 5.97 Å². The quantitative estimate of drug-likeness (QED) is 0.589. The zero-order valence-corrected chi connectivity index (χ0v) is 15.0. The second-order valence-electron chi connectivity index (χ2n) is 6.24. The number of hydrogen-bond acceptors (Lipinski definition) is 4. The van der Waals surface area contributed by atoms with Crippen molar-refractivity contribution in [1.29, 1.82) is 0 Å². The van der Waals surface area contributed by atoms with E-state index in [1.54, 1.807) is 46.9 Å². The standard InChI is InChI=1S/C17H24ClNO4/c1-12(18)16(21)19(11-15(20)23-17(2,3)4)10-13-6-8-14(22-5)9-7-13/h6-9,12H,10-11H2,1-5H3/t12-/m0/s1. The molecule has 0 aromatic heterocycles. The molecule has 1 atom stereocenters. The molecule has 0 aliphatic rings. The van der Waals surface area contributed by atoms with Gasteiger partial charge in [-0.05, 0) is 45.4 Å². The van der Waals surface area contributed by atoms with Crippen LogP contribution in [0.4, 0.5) is 0 Å². The summed E-state index contributed by atoms with van der Waals surface area (Å²) < 4.78 is 10.4. The van der Waals surface area contributed by atoms with E-state index >= 15 is 0 Å². The lowest BCUT2D eigenvalue weighted by molar-refractivity contribution is -0.159. The number of hydrogen-bond donors (Lipinski definition) is 0. The van der Waals surface area contributed by atoms with Crippen molar-refractivity contribution < 1.29 is 19.1 Å². The maximum Gasteiger partial charge on any atom is 0.326 e. The summed E-state index contributed by atoms with van der Waals surface area (Å²) in [7, 11) is 1.59. The third-order valence-electron chi connectivity index (χ3n) is 2.92. The molecule has 0 spiro atoms. The summed E-state index contributed by atoms with van der Waals surface area (Å²) >= 11 is 5.89. The highest BCUT2D eigenvalue weighted by Crippen LogP contribution is 2.15. The molecule has 5 nitrogen and oxygen atoms in total. The SMILES string of the molecule is COc1ccc(CN(CC(=O)OC(C)(C)C)C(=O)[C@H](C)Cl)cc1. The first-order valence-corrected chi connectivity index (χ1v) is 7.83. The van der Waals surface area contributed by atoms with Gasteiger partial charge in [0.2, 0.25) is 5.91 Å². The van der Waals surface area contributed by atoms with Crippen LogP contribution in [-0.2, 0) is 20.9 Å². The highest BCUT2D eigenvalue weighted by Gasteiger charge is 2.24. The number of methoxy groups -OCH3 is 1. The first-order valence-electron chi connectivity index (χ1n) is 7.40. The van der Waals surface area contributed by atoms with Crippen LogP contribution in [0, 0.1) is 0 Å². The molecule has 128 valence electrons. The lowest BCUT2D eigenvalue weighted by Gasteiger charge is -2.26. The highest BCUT2D eigenvalue weighted by atomic mass is 35.5. The number of amides is 1. The Kier molecular flexibility index (Phi) is 6.88. The van der Waals surface area contributed by atoms with Gasteiger partial charge in [-0.2, -0.15) is 0 Å². The molecule has 6 heteroatoms. The normalized spacial score (nSPS) is 12.4. The number of halogens is 1. The molecule has 0 fully saturated rings. The molecule has 23 heavy (non-hydrogen) atoms. The Morgan fingerprint density at radius 2 is 1.78 bits per heavy atom. The molecule has 1 aromatic rings. The first-order chi connectivity index (χ1) is 10.6. The minimum Gasteiger partial charge on any atom is -0.497 e. The molecule has 1 aromatic carbocycles. The molecule has 1 amide bonds. The molecule has 0 saturated heterocycles. The number of alkyl halides is 1. The molecule has 1 rings (SSSR count). The van der Waals surface area contributed by atoms with Crippen LogP contribution < -0.4 is 4.74 Å². The van der Waals surface area contributed by atoms with Crippen molar-refractivity contribution in [2.75, 3.05) is 13.7 Å². The highest BCUT2D eigenvalue weighted by molar-refractivity contribution is 6.30. The van der Waals surface area contributed by atoms with E-state index in [9.17, 15) is 9.59 Å². The van der Waals surface area contributed by atoms with E-state index < -0.39 is 16.9 Å². The van der Waals surface area contributed by atoms with E-state index in [-0.39, 0.29) is 19.0 Å². The monoisotopic (exact) mass is 341 g/mol. The number of ether oxygens (including phenoxy) is 2. The summed E-state index contributed by atoms with van der Waals surface area (Å²) in [6.07, 6.45) is 0. The Bertz CT molecular complexity index is 535. The number of carbonyl (C=O) groups is 2. The number of carbonyl (C=O) groups excluding carboxylic acids is 2. The minimum absolute atomic E-state index is 0.140. The predicted molar refractivity (Wildman–Crippen MR) is 89.6 cm³/mol. The fraction of sp³-hybridized carbons (Fsp3) is 0.529. The average molecular weight is 342 g/mol. The summed E-state index contributed by atoms with van der Waals surface area (Å²) in [5.41, 5.74) is 0.276. The van der Waals surface area contributed by atoms with Crippen LogP contribution >= 0.6 is 11.6 Å². The van der Waals surface area contributed by atoms with Crippen molar-refractivity contribution in [2.24, 2.45) is 0 Å². The van der Waals surface area contributed by atoms with E-state index in [0.29, 0.717) is 0 Å². The second-order valence-corrected chi connectivity index (χ2v) is 6.90. The van der Waals surface area contributed by atoms with Crippen molar-refractivity contribution in [3.63, 3.8) is 0 Å².